The number of aliphatic hydroxyl groups is 1. The molecule has 0 heterocycles. The van der Waals surface area contributed by atoms with E-state index in [1.54, 1.807) is 14.0 Å². The number of aliphatic hydroxyl groups excluding tert-OH is 1. The van der Waals surface area contributed by atoms with Crippen LogP contribution in [-0.2, 0) is 22.5 Å². The third kappa shape index (κ3) is 8.44. The fourth-order valence-electron chi connectivity index (χ4n) is 2.71. The van der Waals surface area contributed by atoms with E-state index in [1.165, 1.54) is 0 Å². The van der Waals surface area contributed by atoms with E-state index >= 15 is 0 Å². The molecule has 0 unspecified atom stereocenters. The van der Waals surface area contributed by atoms with E-state index in [2.05, 4.69) is 22.8 Å². The van der Waals surface area contributed by atoms with Crippen molar-refractivity contribution >= 4 is 5.97 Å². The van der Waals surface area contributed by atoms with Gasteiger partial charge < -0.3 is 19.5 Å². The standard InChI is InChI=1S/C21H32N2O4/c1-6-27-21(25)9-7-8-12-23(4)19(16-24)14-17-10-11-20(26-5)18(13-17)15-22(2)3/h10-11,13,19,24H,6,9,12,14-16H2,1-5H3/t19-/m0/s1. The number of carbonyl (C=O) groups is 1. The molecule has 1 N–H and O–H groups in total. The molecule has 1 atom stereocenters. The normalized spacial score (nSPS) is 11.9. The van der Waals surface area contributed by atoms with E-state index in [4.69, 9.17) is 9.47 Å². The van der Waals surface area contributed by atoms with Crippen molar-refractivity contribution in [3.63, 3.8) is 0 Å². The van der Waals surface area contributed by atoms with Gasteiger partial charge in [-0.1, -0.05) is 24.0 Å². The molecule has 0 spiro atoms. The maximum absolute atomic E-state index is 11.3. The van der Waals surface area contributed by atoms with Crippen LogP contribution in [0.15, 0.2) is 18.2 Å². The van der Waals surface area contributed by atoms with Crippen molar-refractivity contribution < 1.29 is 19.4 Å². The fraction of sp³-hybridized carbons (Fsp3) is 0.571. The van der Waals surface area contributed by atoms with Gasteiger partial charge in [-0.15, -0.1) is 0 Å². The minimum Gasteiger partial charge on any atom is -0.496 e. The van der Waals surface area contributed by atoms with Gasteiger partial charge in [0.25, 0.3) is 0 Å². The molecular formula is C21H32N2O4. The zero-order valence-electron chi connectivity index (χ0n) is 17.1. The van der Waals surface area contributed by atoms with Crippen molar-refractivity contribution in [2.75, 3.05) is 48.0 Å². The van der Waals surface area contributed by atoms with Crippen molar-refractivity contribution in [1.82, 2.24) is 9.80 Å². The van der Waals surface area contributed by atoms with Gasteiger partial charge in [0.2, 0.25) is 0 Å². The lowest BCUT2D eigenvalue weighted by atomic mass is 10.0. The molecule has 0 radical (unpaired) electrons. The third-order valence-electron chi connectivity index (χ3n) is 4.13. The molecule has 1 rings (SSSR count). The quantitative estimate of drug-likeness (QED) is 0.494. The number of hydrogen-bond acceptors (Lipinski definition) is 6. The molecule has 0 fully saturated rings. The van der Waals surface area contributed by atoms with Crippen LogP contribution < -0.4 is 4.74 Å². The second-order valence-corrected chi connectivity index (χ2v) is 6.67. The molecule has 0 aromatic heterocycles. The van der Waals surface area contributed by atoms with Crippen molar-refractivity contribution in [3.8, 4) is 17.6 Å². The van der Waals surface area contributed by atoms with E-state index in [-0.39, 0.29) is 25.0 Å². The molecule has 0 aliphatic heterocycles. The van der Waals surface area contributed by atoms with Gasteiger partial charge in [-0.2, -0.15) is 0 Å². The molecule has 1 aromatic rings. The van der Waals surface area contributed by atoms with Gasteiger partial charge in [0, 0.05) is 18.2 Å². The van der Waals surface area contributed by atoms with E-state index in [0.717, 1.165) is 23.4 Å². The van der Waals surface area contributed by atoms with Crippen LogP contribution in [0.1, 0.15) is 24.5 Å². The molecule has 0 bridgehead atoms. The van der Waals surface area contributed by atoms with Crippen molar-refractivity contribution in [1.29, 1.82) is 0 Å². The van der Waals surface area contributed by atoms with Gasteiger partial charge in [0.15, 0.2) is 0 Å². The van der Waals surface area contributed by atoms with Crippen molar-refractivity contribution in [2.24, 2.45) is 0 Å². The average Bonchev–Trinajstić information content (AvgIpc) is 2.63. The van der Waals surface area contributed by atoms with Crippen LogP contribution >= 0.6 is 0 Å². The van der Waals surface area contributed by atoms with Crippen LogP contribution in [0.3, 0.4) is 0 Å². The maximum atomic E-state index is 11.3. The monoisotopic (exact) mass is 376 g/mol. The number of esters is 1. The second-order valence-electron chi connectivity index (χ2n) is 6.67. The first-order valence-electron chi connectivity index (χ1n) is 9.14. The summed E-state index contributed by atoms with van der Waals surface area (Å²) >= 11 is 0. The molecule has 0 aliphatic rings. The summed E-state index contributed by atoms with van der Waals surface area (Å²) in [6, 6.07) is 6.08. The van der Waals surface area contributed by atoms with Gasteiger partial charge >= 0.3 is 5.97 Å². The van der Waals surface area contributed by atoms with E-state index < -0.39 is 0 Å². The van der Waals surface area contributed by atoms with Crippen molar-refractivity contribution in [3.05, 3.63) is 29.3 Å². The second kappa shape index (κ2) is 12.3. The zero-order chi connectivity index (χ0) is 20.2. The Morgan fingerprint density at radius 2 is 2.00 bits per heavy atom. The average molecular weight is 376 g/mol. The first-order valence-corrected chi connectivity index (χ1v) is 9.14. The Labute approximate surface area is 163 Å². The first-order chi connectivity index (χ1) is 12.9. The Hall–Kier alpha value is -2.07. The molecule has 6 nitrogen and oxygen atoms in total. The van der Waals surface area contributed by atoms with Gasteiger partial charge in [-0.25, -0.2) is 0 Å². The number of ether oxygens (including phenoxy) is 2. The van der Waals surface area contributed by atoms with E-state index in [1.807, 2.05) is 38.2 Å². The minimum atomic E-state index is -0.307. The SMILES string of the molecule is CCOC(=O)CC#CCN(C)[C@H](CO)Cc1ccc(OC)c(CN(C)C)c1. The molecular weight excluding hydrogens is 344 g/mol. The number of carbonyl (C=O) groups excluding carboxylic acids is 1. The van der Waals surface area contributed by atoms with Crippen LogP contribution in [0.4, 0.5) is 0 Å². The van der Waals surface area contributed by atoms with Gasteiger partial charge in [0.05, 0.1) is 26.9 Å². The van der Waals surface area contributed by atoms with Gasteiger partial charge in [0.1, 0.15) is 12.2 Å². The lowest BCUT2D eigenvalue weighted by molar-refractivity contribution is -0.141. The van der Waals surface area contributed by atoms with Gasteiger partial charge in [-0.3, -0.25) is 9.69 Å². The molecule has 27 heavy (non-hydrogen) atoms. The molecule has 0 saturated heterocycles. The smallest absolute Gasteiger partial charge is 0.317 e. The summed E-state index contributed by atoms with van der Waals surface area (Å²) in [5.41, 5.74) is 2.26. The van der Waals surface area contributed by atoms with Crippen LogP contribution in [0.25, 0.3) is 0 Å². The van der Waals surface area contributed by atoms with Crippen LogP contribution in [0.2, 0.25) is 0 Å². The van der Waals surface area contributed by atoms with Crippen molar-refractivity contribution in [2.45, 2.75) is 32.4 Å². The lowest BCUT2D eigenvalue weighted by Gasteiger charge is -2.25. The predicted molar refractivity (Wildman–Crippen MR) is 107 cm³/mol. The van der Waals surface area contributed by atoms with Gasteiger partial charge in [-0.05, 0) is 46.1 Å². The number of nitrogens with zero attached hydrogens (tertiary/aromatic N) is 2. The minimum absolute atomic E-state index is 0.0328. The molecule has 0 aliphatic carbocycles. The Morgan fingerprint density at radius 1 is 1.26 bits per heavy atom. The Kier molecular flexibility index (Phi) is 10.5. The number of likely N-dealkylation sites (N-methyl/N-ethyl adjacent to an activating group) is 1. The fourth-order valence-corrected chi connectivity index (χ4v) is 2.71. The van der Waals surface area contributed by atoms with E-state index in [0.29, 0.717) is 19.6 Å². The number of rotatable bonds is 10. The highest BCUT2D eigenvalue weighted by atomic mass is 16.5. The van der Waals surface area contributed by atoms with Crippen LogP contribution in [-0.4, -0.2) is 74.9 Å². The van der Waals surface area contributed by atoms with Crippen LogP contribution in [0, 0.1) is 11.8 Å². The summed E-state index contributed by atoms with van der Waals surface area (Å²) in [5, 5.41) is 9.79. The zero-order valence-corrected chi connectivity index (χ0v) is 17.1. The molecule has 6 heteroatoms. The Morgan fingerprint density at radius 3 is 2.59 bits per heavy atom. The number of benzene rings is 1. The topological polar surface area (TPSA) is 62.2 Å². The Bertz CT molecular complexity index is 649. The summed E-state index contributed by atoms with van der Waals surface area (Å²) in [6.45, 7) is 3.44. The molecule has 1 aromatic carbocycles. The molecule has 0 saturated carbocycles. The molecule has 150 valence electrons. The number of hydrogen-bond donors (Lipinski definition) is 1. The number of methoxy groups -OCH3 is 1. The Balaban J connectivity index is 2.71. The lowest BCUT2D eigenvalue weighted by Crippen LogP contribution is -2.36. The third-order valence-corrected chi connectivity index (χ3v) is 4.13. The first kappa shape index (κ1) is 23.0. The highest BCUT2D eigenvalue weighted by Gasteiger charge is 2.15. The summed E-state index contributed by atoms with van der Waals surface area (Å²) in [5.74, 6) is 6.35. The van der Waals surface area contributed by atoms with E-state index in [9.17, 15) is 9.90 Å². The molecule has 0 amide bonds. The summed E-state index contributed by atoms with van der Waals surface area (Å²) in [7, 11) is 7.63. The largest absolute Gasteiger partial charge is 0.496 e. The summed E-state index contributed by atoms with van der Waals surface area (Å²) < 4.78 is 10.3. The summed E-state index contributed by atoms with van der Waals surface area (Å²) in [4.78, 5) is 15.4. The summed E-state index contributed by atoms with van der Waals surface area (Å²) in [6.07, 6.45) is 0.800. The highest BCUT2D eigenvalue weighted by Crippen LogP contribution is 2.22. The highest BCUT2D eigenvalue weighted by molar-refractivity contribution is 5.72. The van der Waals surface area contributed by atoms with Crippen LogP contribution in [0.5, 0.6) is 5.75 Å². The predicted octanol–water partition coefficient (Wildman–Crippen LogP) is 1.55. The maximum Gasteiger partial charge on any atom is 0.317 e.